The zero-order chi connectivity index (χ0) is 18.5. The lowest BCUT2D eigenvalue weighted by Gasteiger charge is -2.21. The fraction of sp³-hybridized carbons (Fsp3) is 0.182. The van der Waals surface area contributed by atoms with Gasteiger partial charge in [0.15, 0.2) is 0 Å². The molecule has 0 saturated carbocycles. The number of para-hydroxylation sites is 1. The summed E-state index contributed by atoms with van der Waals surface area (Å²) in [4.78, 5) is 19.0. The van der Waals surface area contributed by atoms with Crippen LogP contribution in [0.3, 0.4) is 0 Å². The van der Waals surface area contributed by atoms with Crippen LogP contribution < -0.4 is 10.2 Å². The van der Waals surface area contributed by atoms with Gasteiger partial charge in [0, 0.05) is 29.8 Å². The summed E-state index contributed by atoms with van der Waals surface area (Å²) in [5, 5.41) is 3.36. The van der Waals surface area contributed by atoms with Crippen LogP contribution in [0.1, 0.15) is 28.5 Å². The minimum Gasteiger partial charge on any atom is -0.355 e. The van der Waals surface area contributed by atoms with Gasteiger partial charge in [-0.05, 0) is 62.2 Å². The van der Waals surface area contributed by atoms with E-state index in [0.717, 1.165) is 28.2 Å². The first-order chi connectivity index (χ1) is 12.6. The molecule has 4 nitrogen and oxygen atoms in total. The summed E-state index contributed by atoms with van der Waals surface area (Å²) in [5.41, 5.74) is 5.44. The molecule has 3 rings (SSSR count). The third-order valence-electron chi connectivity index (χ3n) is 4.28. The molecule has 132 valence electrons. The minimum atomic E-state index is -0.105. The first kappa shape index (κ1) is 17.7. The Morgan fingerprint density at radius 1 is 1.04 bits per heavy atom. The molecule has 0 spiro atoms. The zero-order valence-electron chi connectivity index (χ0n) is 15.4. The Kier molecular flexibility index (Phi) is 5.32. The molecular formula is C22H23N3O. The van der Waals surface area contributed by atoms with E-state index < -0.39 is 0 Å². The molecule has 1 N–H and O–H groups in total. The van der Waals surface area contributed by atoms with Gasteiger partial charge in [0.05, 0.1) is 0 Å². The summed E-state index contributed by atoms with van der Waals surface area (Å²) in [6, 6.07) is 19.7. The lowest BCUT2D eigenvalue weighted by Crippen LogP contribution is -2.31. The molecule has 0 radical (unpaired) electrons. The summed E-state index contributed by atoms with van der Waals surface area (Å²) in [6.07, 6.45) is 1.66. The molecule has 1 amide bonds. The quantitative estimate of drug-likeness (QED) is 0.699. The van der Waals surface area contributed by atoms with E-state index in [9.17, 15) is 4.79 Å². The largest absolute Gasteiger partial charge is 0.355 e. The number of carbonyl (C=O) groups excluding carboxylic acids is 1. The highest BCUT2D eigenvalue weighted by Gasteiger charge is 2.18. The Morgan fingerprint density at radius 2 is 1.85 bits per heavy atom. The van der Waals surface area contributed by atoms with Crippen molar-refractivity contribution in [3.63, 3.8) is 0 Å². The Balaban J connectivity index is 1.86. The molecule has 0 aliphatic rings. The van der Waals surface area contributed by atoms with Gasteiger partial charge in [0.2, 0.25) is 0 Å². The van der Waals surface area contributed by atoms with Gasteiger partial charge >= 0.3 is 0 Å². The lowest BCUT2D eigenvalue weighted by atomic mass is 10.2. The van der Waals surface area contributed by atoms with Gasteiger partial charge in [0.1, 0.15) is 5.69 Å². The first-order valence-electron chi connectivity index (χ1n) is 8.75. The number of nitrogens with one attached hydrogen (secondary N) is 1. The molecule has 0 bridgehead atoms. The predicted octanol–water partition coefficient (Wildman–Crippen LogP) is 5.11. The number of aryl methyl sites for hydroxylation is 2. The highest BCUT2D eigenvalue weighted by atomic mass is 16.2. The predicted molar refractivity (Wildman–Crippen MR) is 107 cm³/mol. The Labute approximate surface area is 154 Å². The van der Waals surface area contributed by atoms with Crippen LogP contribution in [0.5, 0.6) is 0 Å². The number of pyridine rings is 1. The van der Waals surface area contributed by atoms with Crippen molar-refractivity contribution in [2.45, 2.75) is 20.8 Å². The summed E-state index contributed by atoms with van der Waals surface area (Å²) < 4.78 is 0. The molecule has 4 heteroatoms. The van der Waals surface area contributed by atoms with Crippen molar-refractivity contribution >= 4 is 23.0 Å². The van der Waals surface area contributed by atoms with E-state index in [1.807, 2.05) is 75.4 Å². The normalized spacial score (nSPS) is 10.4. The molecule has 0 saturated heterocycles. The standard InChI is InChI=1S/C22H23N3O/c1-4-25(19-10-7-8-16(2)14-19)22(26)21-15-18(12-13-23-21)24-20-11-6-5-9-17(20)3/h5-15H,4H2,1-3H3,(H,23,24). The van der Waals surface area contributed by atoms with Crippen LogP contribution in [-0.2, 0) is 0 Å². The highest BCUT2D eigenvalue weighted by Crippen LogP contribution is 2.22. The summed E-state index contributed by atoms with van der Waals surface area (Å²) >= 11 is 0. The van der Waals surface area contributed by atoms with Gasteiger partial charge in [-0.1, -0.05) is 30.3 Å². The van der Waals surface area contributed by atoms with E-state index in [2.05, 4.69) is 10.3 Å². The SMILES string of the molecule is CCN(C(=O)c1cc(Nc2ccccc2C)ccn1)c1cccc(C)c1. The van der Waals surface area contributed by atoms with Crippen LogP contribution in [0.15, 0.2) is 66.9 Å². The molecule has 26 heavy (non-hydrogen) atoms. The van der Waals surface area contributed by atoms with E-state index in [4.69, 9.17) is 0 Å². The van der Waals surface area contributed by atoms with Crippen molar-refractivity contribution in [1.29, 1.82) is 0 Å². The maximum atomic E-state index is 13.0. The van der Waals surface area contributed by atoms with E-state index in [1.165, 1.54) is 0 Å². The molecule has 2 aromatic carbocycles. The van der Waals surface area contributed by atoms with Gasteiger partial charge in [-0.15, -0.1) is 0 Å². The third kappa shape index (κ3) is 3.91. The van der Waals surface area contributed by atoms with Crippen molar-refractivity contribution < 1.29 is 4.79 Å². The number of nitrogens with zero attached hydrogens (tertiary/aromatic N) is 2. The number of rotatable bonds is 5. The maximum Gasteiger partial charge on any atom is 0.276 e. The second-order valence-corrected chi connectivity index (χ2v) is 6.26. The van der Waals surface area contributed by atoms with Crippen LogP contribution in [-0.4, -0.2) is 17.4 Å². The molecule has 0 aliphatic carbocycles. The summed E-state index contributed by atoms with van der Waals surface area (Å²) in [6.45, 7) is 6.62. The van der Waals surface area contributed by atoms with Gasteiger partial charge in [0.25, 0.3) is 5.91 Å². The minimum absolute atomic E-state index is 0.105. The second-order valence-electron chi connectivity index (χ2n) is 6.26. The average Bonchev–Trinajstić information content (AvgIpc) is 2.64. The molecule has 0 atom stereocenters. The Bertz CT molecular complexity index is 921. The van der Waals surface area contributed by atoms with E-state index in [1.54, 1.807) is 17.2 Å². The average molecular weight is 345 g/mol. The highest BCUT2D eigenvalue weighted by molar-refractivity contribution is 6.05. The van der Waals surface area contributed by atoms with E-state index in [0.29, 0.717) is 12.2 Å². The molecule has 0 aliphatic heterocycles. The fourth-order valence-electron chi connectivity index (χ4n) is 2.87. The summed E-state index contributed by atoms with van der Waals surface area (Å²) in [5.74, 6) is -0.105. The number of hydrogen-bond donors (Lipinski definition) is 1. The van der Waals surface area contributed by atoms with Crippen LogP contribution in [0.25, 0.3) is 0 Å². The van der Waals surface area contributed by atoms with Gasteiger partial charge in [-0.25, -0.2) is 0 Å². The third-order valence-corrected chi connectivity index (χ3v) is 4.28. The monoisotopic (exact) mass is 345 g/mol. The van der Waals surface area contributed by atoms with Crippen LogP contribution in [0, 0.1) is 13.8 Å². The lowest BCUT2D eigenvalue weighted by molar-refractivity contribution is 0.0983. The number of anilines is 3. The van der Waals surface area contributed by atoms with Crippen molar-refractivity contribution in [2.24, 2.45) is 0 Å². The first-order valence-corrected chi connectivity index (χ1v) is 8.75. The van der Waals surface area contributed by atoms with Crippen molar-refractivity contribution in [2.75, 3.05) is 16.8 Å². The topological polar surface area (TPSA) is 45.2 Å². The fourth-order valence-corrected chi connectivity index (χ4v) is 2.87. The maximum absolute atomic E-state index is 13.0. The molecule has 0 fully saturated rings. The van der Waals surface area contributed by atoms with E-state index in [-0.39, 0.29) is 5.91 Å². The van der Waals surface area contributed by atoms with Gasteiger partial charge < -0.3 is 10.2 Å². The summed E-state index contributed by atoms with van der Waals surface area (Å²) in [7, 11) is 0. The molecule has 0 unspecified atom stereocenters. The Hall–Kier alpha value is -3.14. The Morgan fingerprint density at radius 3 is 2.58 bits per heavy atom. The second kappa shape index (κ2) is 7.83. The number of carbonyl (C=O) groups is 1. The van der Waals surface area contributed by atoms with Crippen LogP contribution in [0.4, 0.5) is 17.1 Å². The van der Waals surface area contributed by atoms with Crippen LogP contribution >= 0.6 is 0 Å². The molecular weight excluding hydrogens is 322 g/mol. The van der Waals surface area contributed by atoms with Gasteiger partial charge in [-0.3, -0.25) is 9.78 Å². The molecule has 3 aromatic rings. The smallest absolute Gasteiger partial charge is 0.276 e. The zero-order valence-corrected chi connectivity index (χ0v) is 15.4. The van der Waals surface area contributed by atoms with Gasteiger partial charge in [-0.2, -0.15) is 0 Å². The van der Waals surface area contributed by atoms with Crippen LogP contribution in [0.2, 0.25) is 0 Å². The number of amides is 1. The number of hydrogen-bond acceptors (Lipinski definition) is 3. The van der Waals surface area contributed by atoms with Crippen molar-refractivity contribution in [3.8, 4) is 0 Å². The molecule has 1 aromatic heterocycles. The molecule has 1 heterocycles. The van der Waals surface area contributed by atoms with Crippen molar-refractivity contribution in [3.05, 3.63) is 83.7 Å². The van der Waals surface area contributed by atoms with Crippen molar-refractivity contribution in [1.82, 2.24) is 4.98 Å². The number of benzene rings is 2. The number of aromatic nitrogens is 1. The van der Waals surface area contributed by atoms with E-state index >= 15 is 0 Å².